The maximum atomic E-state index is 13.5. The molecule has 120 valence electrons. The summed E-state index contributed by atoms with van der Waals surface area (Å²) < 4.78 is 13.5. The highest BCUT2D eigenvalue weighted by Crippen LogP contribution is 2.19. The lowest BCUT2D eigenvalue weighted by Crippen LogP contribution is -2.31. The Labute approximate surface area is 140 Å². The van der Waals surface area contributed by atoms with Gasteiger partial charge in [-0.05, 0) is 48.9 Å². The van der Waals surface area contributed by atoms with Crippen molar-refractivity contribution in [2.45, 2.75) is 13.5 Å². The second-order valence-corrected chi connectivity index (χ2v) is 5.58. The first-order chi connectivity index (χ1) is 11.6. The predicted octanol–water partition coefficient (Wildman–Crippen LogP) is 4.38. The van der Waals surface area contributed by atoms with Crippen LogP contribution in [0.4, 0.5) is 10.2 Å². The molecule has 0 saturated carbocycles. The van der Waals surface area contributed by atoms with E-state index >= 15 is 0 Å². The molecule has 0 aliphatic carbocycles. The van der Waals surface area contributed by atoms with Gasteiger partial charge in [0.2, 0.25) is 0 Å². The van der Waals surface area contributed by atoms with Gasteiger partial charge < -0.3 is 0 Å². The molecule has 3 aromatic rings. The van der Waals surface area contributed by atoms with Gasteiger partial charge in [0.25, 0.3) is 5.91 Å². The monoisotopic (exact) mass is 320 g/mol. The summed E-state index contributed by atoms with van der Waals surface area (Å²) in [6.45, 7) is 2.19. The average molecular weight is 320 g/mol. The van der Waals surface area contributed by atoms with E-state index in [1.54, 1.807) is 41.4 Å². The molecule has 3 rings (SSSR count). The molecule has 3 nitrogen and oxygen atoms in total. The first-order valence-corrected chi connectivity index (χ1v) is 7.67. The minimum absolute atomic E-state index is 0.165. The van der Waals surface area contributed by atoms with Crippen LogP contribution in [-0.4, -0.2) is 10.9 Å². The van der Waals surface area contributed by atoms with E-state index in [-0.39, 0.29) is 18.3 Å². The van der Waals surface area contributed by atoms with Gasteiger partial charge >= 0.3 is 0 Å². The number of benzene rings is 2. The minimum Gasteiger partial charge on any atom is -0.288 e. The molecule has 0 bridgehead atoms. The largest absolute Gasteiger partial charge is 0.288 e. The van der Waals surface area contributed by atoms with Crippen molar-refractivity contribution in [2.24, 2.45) is 0 Å². The molecule has 0 saturated heterocycles. The molecule has 0 fully saturated rings. The lowest BCUT2D eigenvalue weighted by molar-refractivity contribution is 0.0984. The van der Waals surface area contributed by atoms with Crippen molar-refractivity contribution in [1.82, 2.24) is 4.98 Å². The number of amides is 1. The number of carbonyl (C=O) groups is 1. The smallest absolute Gasteiger partial charge is 0.259 e. The zero-order valence-corrected chi connectivity index (χ0v) is 13.3. The Bertz CT molecular complexity index is 849. The lowest BCUT2D eigenvalue weighted by atomic mass is 10.1. The maximum absolute atomic E-state index is 13.5. The van der Waals surface area contributed by atoms with E-state index in [2.05, 4.69) is 4.98 Å². The number of aromatic nitrogens is 1. The summed E-state index contributed by atoms with van der Waals surface area (Å²) in [6, 6.07) is 19.0. The average Bonchev–Trinajstić information content (AvgIpc) is 2.60. The van der Waals surface area contributed by atoms with Gasteiger partial charge in [-0.15, -0.1) is 0 Å². The Kier molecular flexibility index (Phi) is 4.66. The number of halogens is 1. The lowest BCUT2D eigenvalue weighted by Gasteiger charge is -2.22. The van der Waals surface area contributed by atoms with E-state index in [1.807, 2.05) is 31.2 Å². The minimum atomic E-state index is -0.323. The highest BCUT2D eigenvalue weighted by molar-refractivity contribution is 6.05. The number of anilines is 1. The molecule has 24 heavy (non-hydrogen) atoms. The molecule has 0 spiro atoms. The van der Waals surface area contributed by atoms with Crippen LogP contribution in [0.5, 0.6) is 0 Å². The normalized spacial score (nSPS) is 10.4. The molecule has 1 amide bonds. The molecule has 2 aromatic carbocycles. The molecule has 1 aromatic heterocycles. The highest BCUT2D eigenvalue weighted by atomic mass is 19.1. The fraction of sp³-hybridized carbons (Fsp3) is 0.100. The summed E-state index contributed by atoms with van der Waals surface area (Å²) in [5.74, 6) is 0.0476. The third-order valence-electron chi connectivity index (χ3n) is 3.67. The van der Waals surface area contributed by atoms with Crippen molar-refractivity contribution in [3.05, 3.63) is 95.4 Å². The Morgan fingerprint density at radius 1 is 1.04 bits per heavy atom. The summed E-state index contributed by atoms with van der Waals surface area (Å²) >= 11 is 0. The molecule has 4 heteroatoms. The van der Waals surface area contributed by atoms with Gasteiger partial charge in [0.15, 0.2) is 0 Å². The first-order valence-electron chi connectivity index (χ1n) is 7.67. The number of hydrogen-bond acceptors (Lipinski definition) is 2. The van der Waals surface area contributed by atoms with Crippen molar-refractivity contribution in [3.8, 4) is 0 Å². The molecule has 1 heterocycles. The molecular weight excluding hydrogens is 303 g/mol. The van der Waals surface area contributed by atoms with Crippen LogP contribution in [0.25, 0.3) is 0 Å². The van der Waals surface area contributed by atoms with Gasteiger partial charge in [0.05, 0.1) is 6.54 Å². The standard InChI is InChI=1S/C20H17FN2O/c1-15-6-4-8-17(12-15)20(24)23(19-10-2-3-11-22-19)14-16-7-5-9-18(21)13-16/h2-13H,14H2,1H3. The number of carbonyl (C=O) groups excluding carboxylic acids is 1. The maximum Gasteiger partial charge on any atom is 0.259 e. The molecular formula is C20H17FN2O. The second-order valence-electron chi connectivity index (χ2n) is 5.58. The van der Waals surface area contributed by atoms with E-state index in [9.17, 15) is 9.18 Å². The number of nitrogens with zero attached hydrogens (tertiary/aromatic N) is 2. The summed E-state index contributed by atoms with van der Waals surface area (Å²) in [4.78, 5) is 18.8. The summed E-state index contributed by atoms with van der Waals surface area (Å²) in [5.41, 5.74) is 2.30. The van der Waals surface area contributed by atoms with Crippen LogP contribution in [0.3, 0.4) is 0 Å². The van der Waals surface area contributed by atoms with Crippen LogP contribution >= 0.6 is 0 Å². The summed E-state index contributed by atoms with van der Waals surface area (Å²) in [7, 11) is 0. The second kappa shape index (κ2) is 7.04. The van der Waals surface area contributed by atoms with Crippen LogP contribution < -0.4 is 4.90 Å². The van der Waals surface area contributed by atoms with Gasteiger partial charge in [0, 0.05) is 11.8 Å². The van der Waals surface area contributed by atoms with E-state index in [1.165, 1.54) is 12.1 Å². The zero-order chi connectivity index (χ0) is 16.9. The van der Waals surface area contributed by atoms with Crippen LogP contribution in [-0.2, 0) is 6.54 Å². The predicted molar refractivity (Wildman–Crippen MR) is 92.3 cm³/mol. The third kappa shape index (κ3) is 3.66. The molecule has 0 N–H and O–H groups in total. The third-order valence-corrected chi connectivity index (χ3v) is 3.67. The van der Waals surface area contributed by atoms with Gasteiger partial charge in [-0.3, -0.25) is 9.69 Å². The topological polar surface area (TPSA) is 33.2 Å². The molecule has 0 aliphatic heterocycles. The van der Waals surface area contributed by atoms with Gasteiger partial charge in [0.1, 0.15) is 11.6 Å². The Hall–Kier alpha value is -3.01. The summed E-state index contributed by atoms with van der Waals surface area (Å²) in [5, 5.41) is 0. The van der Waals surface area contributed by atoms with Crippen LogP contribution in [0.2, 0.25) is 0 Å². The fourth-order valence-electron chi connectivity index (χ4n) is 2.52. The van der Waals surface area contributed by atoms with Crippen molar-refractivity contribution < 1.29 is 9.18 Å². The van der Waals surface area contributed by atoms with Crippen molar-refractivity contribution >= 4 is 11.7 Å². The van der Waals surface area contributed by atoms with Crippen LogP contribution in [0.15, 0.2) is 72.9 Å². The molecule has 0 aliphatic rings. The van der Waals surface area contributed by atoms with Gasteiger partial charge in [-0.25, -0.2) is 9.37 Å². The van der Waals surface area contributed by atoms with Crippen LogP contribution in [0, 0.1) is 12.7 Å². The first kappa shape index (κ1) is 15.9. The van der Waals surface area contributed by atoms with E-state index < -0.39 is 0 Å². The molecule has 0 radical (unpaired) electrons. The quantitative estimate of drug-likeness (QED) is 0.715. The molecule has 0 atom stereocenters. The highest BCUT2D eigenvalue weighted by Gasteiger charge is 2.19. The van der Waals surface area contributed by atoms with Crippen molar-refractivity contribution in [3.63, 3.8) is 0 Å². The van der Waals surface area contributed by atoms with Gasteiger partial charge in [-0.1, -0.05) is 35.9 Å². The number of pyridine rings is 1. The SMILES string of the molecule is Cc1cccc(C(=O)N(Cc2cccc(F)c2)c2ccccn2)c1. The number of hydrogen-bond donors (Lipinski definition) is 0. The number of aryl methyl sites for hydroxylation is 1. The van der Waals surface area contributed by atoms with E-state index in [4.69, 9.17) is 0 Å². The fourth-order valence-corrected chi connectivity index (χ4v) is 2.52. The van der Waals surface area contributed by atoms with E-state index in [0.29, 0.717) is 16.9 Å². The van der Waals surface area contributed by atoms with Crippen molar-refractivity contribution in [1.29, 1.82) is 0 Å². The number of rotatable bonds is 4. The van der Waals surface area contributed by atoms with Crippen molar-refractivity contribution in [2.75, 3.05) is 4.90 Å². The zero-order valence-electron chi connectivity index (χ0n) is 13.3. The van der Waals surface area contributed by atoms with Crippen LogP contribution in [0.1, 0.15) is 21.5 Å². The Morgan fingerprint density at radius 2 is 1.88 bits per heavy atom. The molecule has 0 unspecified atom stereocenters. The van der Waals surface area contributed by atoms with Gasteiger partial charge in [-0.2, -0.15) is 0 Å². The summed E-state index contributed by atoms with van der Waals surface area (Å²) in [6.07, 6.45) is 1.64. The Balaban J connectivity index is 1.97. The Morgan fingerprint density at radius 3 is 2.58 bits per heavy atom. The van der Waals surface area contributed by atoms with E-state index in [0.717, 1.165) is 5.56 Å².